The zero-order chi connectivity index (χ0) is 23.7. The second-order valence-corrected chi connectivity index (χ2v) is 7.51. The molecular weight excluding hydrogens is 438 g/mol. The molecule has 1 atom stereocenters. The fourth-order valence-electron chi connectivity index (χ4n) is 3.43. The van der Waals surface area contributed by atoms with Crippen molar-refractivity contribution in [1.29, 1.82) is 0 Å². The fourth-order valence-corrected chi connectivity index (χ4v) is 3.43. The van der Waals surface area contributed by atoms with E-state index in [9.17, 15) is 22.4 Å². The monoisotopic (exact) mass is 465 g/mol. The SMILES string of the molecule is COc1nc(CC2CCOCC2)c(F)cc1CNC(=O)C1CCCN1.O=C(O)C(F)(F)F. The molecule has 32 heavy (non-hydrogen) atoms. The van der Waals surface area contributed by atoms with Gasteiger partial charge in [0.2, 0.25) is 11.8 Å². The number of carboxylic acids is 1. The minimum Gasteiger partial charge on any atom is -0.481 e. The van der Waals surface area contributed by atoms with Crippen LogP contribution in [0.5, 0.6) is 5.88 Å². The maximum Gasteiger partial charge on any atom is 0.490 e. The van der Waals surface area contributed by atoms with Crippen molar-refractivity contribution in [2.24, 2.45) is 5.92 Å². The highest BCUT2D eigenvalue weighted by molar-refractivity contribution is 5.82. The van der Waals surface area contributed by atoms with Crippen LogP contribution in [0.4, 0.5) is 17.6 Å². The predicted octanol–water partition coefficient (Wildman–Crippen LogP) is 2.20. The van der Waals surface area contributed by atoms with Gasteiger partial charge in [0.15, 0.2) is 0 Å². The standard InChI is InChI=1S/C18H26FN3O3.C2HF3O2/c1-24-18-13(11-21-17(23)15-3-2-6-20-15)10-14(19)16(22-18)9-12-4-7-25-8-5-12;3-2(4,5)1(6)7/h10,12,15,20H,2-9,11H2,1H3,(H,21,23);(H,6,7). The second kappa shape index (κ2) is 12.0. The predicted molar refractivity (Wildman–Crippen MR) is 105 cm³/mol. The summed E-state index contributed by atoms with van der Waals surface area (Å²) in [6, 6.07) is 1.28. The number of halogens is 4. The molecule has 1 unspecified atom stereocenters. The number of nitrogens with zero attached hydrogens (tertiary/aromatic N) is 1. The lowest BCUT2D eigenvalue weighted by Gasteiger charge is -2.22. The Morgan fingerprint density at radius 1 is 1.31 bits per heavy atom. The Morgan fingerprint density at radius 3 is 2.50 bits per heavy atom. The van der Waals surface area contributed by atoms with E-state index in [1.165, 1.54) is 13.2 Å². The molecule has 8 nitrogen and oxygen atoms in total. The van der Waals surface area contributed by atoms with Crippen LogP contribution >= 0.6 is 0 Å². The van der Waals surface area contributed by atoms with Gasteiger partial charge in [-0.15, -0.1) is 0 Å². The van der Waals surface area contributed by atoms with Gasteiger partial charge in [-0.2, -0.15) is 13.2 Å². The van der Waals surface area contributed by atoms with Crippen LogP contribution in [0, 0.1) is 11.7 Å². The van der Waals surface area contributed by atoms with Crippen molar-refractivity contribution in [3.05, 3.63) is 23.1 Å². The van der Waals surface area contributed by atoms with Crippen molar-refractivity contribution in [2.45, 2.75) is 50.9 Å². The highest BCUT2D eigenvalue weighted by Gasteiger charge is 2.38. The Labute approximate surface area is 182 Å². The van der Waals surface area contributed by atoms with Gasteiger partial charge in [0.1, 0.15) is 5.82 Å². The first-order valence-electron chi connectivity index (χ1n) is 10.2. The minimum atomic E-state index is -5.08. The van der Waals surface area contributed by atoms with Crippen molar-refractivity contribution in [3.8, 4) is 5.88 Å². The van der Waals surface area contributed by atoms with Gasteiger partial charge in [-0.1, -0.05) is 0 Å². The summed E-state index contributed by atoms with van der Waals surface area (Å²) in [6.07, 6.45) is -0.812. The number of amides is 1. The lowest BCUT2D eigenvalue weighted by molar-refractivity contribution is -0.192. The molecule has 0 aromatic carbocycles. The summed E-state index contributed by atoms with van der Waals surface area (Å²) in [4.78, 5) is 25.3. The van der Waals surface area contributed by atoms with Gasteiger partial charge >= 0.3 is 12.1 Å². The number of hydrogen-bond acceptors (Lipinski definition) is 6. The molecular formula is C20H27F4N3O5. The third-order valence-corrected chi connectivity index (χ3v) is 5.18. The van der Waals surface area contributed by atoms with E-state index in [2.05, 4.69) is 15.6 Å². The van der Waals surface area contributed by atoms with Crippen LogP contribution in [-0.2, 0) is 27.3 Å². The summed E-state index contributed by atoms with van der Waals surface area (Å²) in [7, 11) is 1.52. The highest BCUT2D eigenvalue weighted by atomic mass is 19.4. The van der Waals surface area contributed by atoms with Gasteiger partial charge in [0.05, 0.1) is 18.8 Å². The average Bonchev–Trinajstić information content (AvgIpc) is 3.29. The first-order valence-corrected chi connectivity index (χ1v) is 10.2. The second-order valence-electron chi connectivity index (χ2n) is 7.51. The van der Waals surface area contributed by atoms with Crippen LogP contribution in [-0.4, -0.2) is 61.1 Å². The van der Waals surface area contributed by atoms with E-state index in [1.807, 2.05) is 0 Å². The molecule has 1 aromatic rings. The summed E-state index contributed by atoms with van der Waals surface area (Å²) >= 11 is 0. The van der Waals surface area contributed by atoms with E-state index in [0.717, 1.165) is 45.4 Å². The molecule has 0 aliphatic carbocycles. The van der Waals surface area contributed by atoms with E-state index < -0.39 is 12.1 Å². The molecule has 2 saturated heterocycles. The summed E-state index contributed by atoms with van der Waals surface area (Å²) in [5.41, 5.74) is 0.985. The Bertz CT molecular complexity index is 779. The molecule has 2 aliphatic heterocycles. The lowest BCUT2D eigenvalue weighted by Crippen LogP contribution is -2.40. The highest BCUT2D eigenvalue weighted by Crippen LogP contribution is 2.24. The average molecular weight is 465 g/mol. The molecule has 0 bridgehead atoms. The van der Waals surface area contributed by atoms with Crippen molar-refractivity contribution < 1.29 is 41.7 Å². The summed E-state index contributed by atoms with van der Waals surface area (Å²) in [5, 5.41) is 13.1. The molecule has 1 amide bonds. The number of hydrogen-bond donors (Lipinski definition) is 3. The largest absolute Gasteiger partial charge is 0.490 e. The molecule has 12 heteroatoms. The number of methoxy groups -OCH3 is 1. The third kappa shape index (κ3) is 7.90. The van der Waals surface area contributed by atoms with Crippen LogP contribution in [0.2, 0.25) is 0 Å². The molecule has 2 fully saturated rings. The number of carbonyl (C=O) groups is 2. The quantitative estimate of drug-likeness (QED) is 0.553. The van der Waals surface area contributed by atoms with Crippen LogP contribution < -0.4 is 15.4 Å². The molecule has 3 N–H and O–H groups in total. The molecule has 2 aliphatic rings. The van der Waals surface area contributed by atoms with Crippen LogP contribution in [0.25, 0.3) is 0 Å². The fraction of sp³-hybridized carbons (Fsp3) is 0.650. The van der Waals surface area contributed by atoms with Gasteiger partial charge in [0, 0.05) is 25.3 Å². The Morgan fingerprint density at radius 2 is 1.97 bits per heavy atom. The van der Waals surface area contributed by atoms with Crippen molar-refractivity contribution in [3.63, 3.8) is 0 Å². The number of aliphatic carboxylic acids is 1. The molecule has 180 valence electrons. The maximum atomic E-state index is 14.5. The Kier molecular flexibility index (Phi) is 9.63. The van der Waals surface area contributed by atoms with Gasteiger partial charge in [-0.25, -0.2) is 14.2 Å². The van der Waals surface area contributed by atoms with Crippen molar-refractivity contribution in [2.75, 3.05) is 26.9 Å². The van der Waals surface area contributed by atoms with Crippen molar-refractivity contribution >= 4 is 11.9 Å². The zero-order valence-corrected chi connectivity index (χ0v) is 17.6. The van der Waals surface area contributed by atoms with E-state index in [4.69, 9.17) is 19.4 Å². The van der Waals surface area contributed by atoms with E-state index in [1.54, 1.807) is 0 Å². The summed E-state index contributed by atoms with van der Waals surface area (Å²) in [6.45, 7) is 2.52. The summed E-state index contributed by atoms with van der Waals surface area (Å²) < 4.78 is 56.9. The van der Waals surface area contributed by atoms with E-state index in [-0.39, 0.29) is 24.3 Å². The van der Waals surface area contributed by atoms with Crippen molar-refractivity contribution in [1.82, 2.24) is 15.6 Å². The molecule has 1 aromatic heterocycles. The summed E-state index contributed by atoms with van der Waals surface area (Å²) in [5.74, 6) is -2.39. The van der Waals surface area contributed by atoms with Crippen LogP contribution in [0.3, 0.4) is 0 Å². The van der Waals surface area contributed by atoms with Gasteiger partial charge < -0.3 is 25.2 Å². The molecule has 0 saturated carbocycles. The maximum absolute atomic E-state index is 14.5. The van der Waals surface area contributed by atoms with Gasteiger partial charge in [0.25, 0.3) is 0 Å². The number of carbonyl (C=O) groups excluding carboxylic acids is 1. The Balaban J connectivity index is 0.000000451. The molecule has 3 rings (SSSR count). The van der Waals surface area contributed by atoms with Crippen LogP contribution in [0.1, 0.15) is 36.9 Å². The first kappa shape index (κ1) is 25.8. The number of nitrogens with one attached hydrogen (secondary N) is 2. The first-order chi connectivity index (χ1) is 15.1. The van der Waals surface area contributed by atoms with Gasteiger partial charge in [-0.3, -0.25) is 4.79 Å². The normalized spacial score (nSPS) is 19.1. The number of carboxylic acid groups (broad SMARTS) is 1. The number of alkyl halides is 3. The molecule has 0 spiro atoms. The zero-order valence-electron chi connectivity index (χ0n) is 17.6. The minimum absolute atomic E-state index is 0.0637. The Hall–Kier alpha value is -2.47. The number of pyridine rings is 1. The molecule has 3 heterocycles. The third-order valence-electron chi connectivity index (χ3n) is 5.18. The smallest absolute Gasteiger partial charge is 0.481 e. The lowest BCUT2D eigenvalue weighted by atomic mass is 9.94. The van der Waals surface area contributed by atoms with Crippen LogP contribution in [0.15, 0.2) is 6.07 Å². The van der Waals surface area contributed by atoms with Gasteiger partial charge in [-0.05, 0) is 50.6 Å². The van der Waals surface area contributed by atoms with E-state index in [0.29, 0.717) is 29.5 Å². The number of aromatic nitrogens is 1. The number of rotatable bonds is 6. The number of ether oxygens (including phenoxy) is 2. The molecule has 0 radical (unpaired) electrons. The topological polar surface area (TPSA) is 110 Å². The van der Waals surface area contributed by atoms with E-state index >= 15 is 0 Å².